The standard InChI is InChI=1S/C23H26N4O2/c28-21(24-14-12-18-8-2-1-3-9-18)13-17-27-20-11-5-4-10-19(20)25-22(23(27)29)26-15-6-7-16-26/h1-5,8-11H,6-7,12-17H2,(H,24,28). The van der Waals surface area contributed by atoms with Crippen molar-refractivity contribution in [1.29, 1.82) is 0 Å². The van der Waals surface area contributed by atoms with Crippen molar-refractivity contribution in [1.82, 2.24) is 14.9 Å². The van der Waals surface area contributed by atoms with Gasteiger partial charge in [-0.1, -0.05) is 42.5 Å². The van der Waals surface area contributed by atoms with E-state index in [1.807, 2.05) is 42.5 Å². The number of fused-ring (bicyclic) bond motifs is 1. The minimum absolute atomic E-state index is 0.0450. The maximum atomic E-state index is 13.1. The highest BCUT2D eigenvalue weighted by Crippen LogP contribution is 2.18. The number of hydrogen-bond donors (Lipinski definition) is 1. The van der Waals surface area contributed by atoms with E-state index < -0.39 is 0 Å². The summed E-state index contributed by atoms with van der Waals surface area (Å²) in [6.45, 7) is 2.66. The maximum absolute atomic E-state index is 13.1. The second kappa shape index (κ2) is 8.90. The lowest BCUT2D eigenvalue weighted by Crippen LogP contribution is -2.33. The first-order chi connectivity index (χ1) is 14.2. The van der Waals surface area contributed by atoms with E-state index in [1.54, 1.807) is 4.57 Å². The molecule has 3 aromatic rings. The molecule has 1 fully saturated rings. The van der Waals surface area contributed by atoms with Gasteiger partial charge in [0, 0.05) is 32.6 Å². The number of nitrogens with zero attached hydrogens (tertiary/aromatic N) is 3. The van der Waals surface area contributed by atoms with Crippen molar-refractivity contribution in [2.45, 2.75) is 32.2 Å². The summed E-state index contributed by atoms with van der Waals surface area (Å²) >= 11 is 0. The van der Waals surface area contributed by atoms with Gasteiger partial charge < -0.3 is 14.8 Å². The van der Waals surface area contributed by atoms with Crippen molar-refractivity contribution in [2.24, 2.45) is 0 Å². The van der Waals surface area contributed by atoms with Crippen LogP contribution in [-0.2, 0) is 17.8 Å². The third-order valence-electron chi connectivity index (χ3n) is 5.38. The fraction of sp³-hybridized carbons (Fsp3) is 0.348. The van der Waals surface area contributed by atoms with Crippen LogP contribution in [-0.4, -0.2) is 35.1 Å². The molecule has 1 aromatic heterocycles. The van der Waals surface area contributed by atoms with Crippen LogP contribution >= 0.6 is 0 Å². The average Bonchev–Trinajstić information content (AvgIpc) is 3.28. The summed E-state index contributed by atoms with van der Waals surface area (Å²) in [7, 11) is 0. The van der Waals surface area contributed by atoms with Crippen molar-refractivity contribution in [2.75, 3.05) is 24.5 Å². The fourth-order valence-corrected chi connectivity index (χ4v) is 3.83. The summed E-state index contributed by atoms with van der Waals surface area (Å²) < 4.78 is 1.70. The second-order valence-corrected chi connectivity index (χ2v) is 7.41. The molecule has 1 amide bonds. The van der Waals surface area contributed by atoms with E-state index >= 15 is 0 Å². The average molecular weight is 390 g/mol. The van der Waals surface area contributed by atoms with Gasteiger partial charge in [0.15, 0.2) is 5.82 Å². The van der Waals surface area contributed by atoms with Gasteiger partial charge in [-0.3, -0.25) is 9.59 Å². The van der Waals surface area contributed by atoms with E-state index in [9.17, 15) is 9.59 Å². The van der Waals surface area contributed by atoms with E-state index in [4.69, 9.17) is 0 Å². The number of rotatable bonds is 7. The first-order valence-electron chi connectivity index (χ1n) is 10.3. The van der Waals surface area contributed by atoms with Crippen LogP contribution in [0.1, 0.15) is 24.8 Å². The smallest absolute Gasteiger partial charge is 0.294 e. The quantitative estimate of drug-likeness (QED) is 0.674. The zero-order valence-corrected chi connectivity index (χ0v) is 16.5. The molecule has 1 aliphatic heterocycles. The molecule has 2 aromatic carbocycles. The first kappa shape index (κ1) is 19.2. The van der Waals surface area contributed by atoms with Gasteiger partial charge in [-0.15, -0.1) is 0 Å². The van der Waals surface area contributed by atoms with E-state index in [0.717, 1.165) is 43.4 Å². The van der Waals surface area contributed by atoms with Crippen molar-refractivity contribution in [3.05, 3.63) is 70.5 Å². The number of amides is 1. The van der Waals surface area contributed by atoms with Gasteiger partial charge in [0.25, 0.3) is 5.56 Å². The van der Waals surface area contributed by atoms with E-state index in [2.05, 4.69) is 27.3 Å². The number of benzene rings is 2. The predicted octanol–water partition coefficient (Wildman–Crippen LogP) is 2.75. The van der Waals surface area contributed by atoms with Gasteiger partial charge in [-0.05, 0) is 37.0 Å². The van der Waals surface area contributed by atoms with E-state index in [1.165, 1.54) is 5.56 Å². The molecular weight excluding hydrogens is 364 g/mol. The molecule has 0 saturated carbocycles. The maximum Gasteiger partial charge on any atom is 0.294 e. The lowest BCUT2D eigenvalue weighted by atomic mass is 10.1. The molecule has 1 aliphatic rings. The summed E-state index contributed by atoms with van der Waals surface area (Å²) in [5, 5.41) is 2.96. The Morgan fingerprint density at radius 3 is 2.52 bits per heavy atom. The largest absolute Gasteiger partial charge is 0.356 e. The van der Waals surface area contributed by atoms with Gasteiger partial charge in [-0.25, -0.2) is 4.98 Å². The van der Waals surface area contributed by atoms with Crippen molar-refractivity contribution in [3.63, 3.8) is 0 Å². The van der Waals surface area contributed by atoms with Crippen LogP contribution in [0, 0.1) is 0 Å². The Morgan fingerprint density at radius 2 is 1.72 bits per heavy atom. The Labute approximate surface area is 170 Å². The molecule has 0 bridgehead atoms. The molecule has 1 saturated heterocycles. The van der Waals surface area contributed by atoms with Crippen LogP contribution < -0.4 is 15.8 Å². The van der Waals surface area contributed by atoms with Crippen LogP contribution in [0.15, 0.2) is 59.4 Å². The van der Waals surface area contributed by atoms with Gasteiger partial charge in [0.1, 0.15) is 0 Å². The Morgan fingerprint density at radius 1 is 1.00 bits per heavy atom. The summed E-state index contributed by atoms with van der Waals surface area (Å²) in [6, 6.07) is 17.7. The van der Waals surface area contributed by atoms with Gasteiger partial charge in [0.2, 0.25) is 5.91 Å². The highest BCUT2D eigenvalue weighted by atomic mass is 16.2. The summed E-state index contributed by atoms with van der Waals surface area (Å²) in [5.41, 5.74) is 2.65. The summed E-state index contributed by atoms with van der Waals surface area (Å²) in [6.07, 6.45) is 3.22. The highest BCUT2D eigenvalue weighted by molar-refractivity contribution is 5.78. The molecule has 2 heterocycles. The van der Waals surface area contributed by atoms with Gasteiger partial charge in [0.05, 0.1) is 11.0 Å². The van der Waals surface area contributed by atoms with Crippen molar-refractivity contribution < 1.29 is 4.79 Å². The zero-order chi connectivity index (χ0) is 20.1. The van der Waals surface area contributed by atoms with Crippen LogP contribution in [0.5, 0.6) is 0 Å². The zero-order valence-electron chi connectivity index (χ0n) is 16.5. The van der Waals surface area contributed by atoms with Crippen LogP contribution in [0.2, 0.25) is 0 Å². The summed E-state index contributed by atoms with van der Waals surface area (Å²) in [5.74, 6) is 0.460. The third kappa shape index (κ3) is 4.47. The Balaban J connectivity index is 1.46. The number of aryl methyl sites for hydroxylation is 1. The molecule has 4 rings (SSSR count). The minimum Gasteiger partial charge on any atom is -0.356 e. The van der Waals surface area contributed by atoms with E-state index in [-0.39, 0.29) is 17.9 Å². The molecule has 6 heteroatoms. The number of anilines is 1. The second-order valence-electron chi connectivity index (χ2n) is 7.41. The Kier molecular flexibility index (Phi) is 5.89. The molecule has 0 atom stereocenters. The number of aromatic nitrogens is 2. The lowest BCUT2D eigenvalue weighted by Gasteiger charge is -2.19. The normalized spacial score (nSPS) is 13.7. The highest BCUT2D eigenvalue weighted by Gasteiger charge is 2.20. The SMILES string of the molecule is O=C(CCn1c(=O)c(N2CCCC2)nc2ccccc21)NCCc1ccccc1. The molecule has 0 aliphatic carbocycles. The number of carbonyl (C=O) groups is 1. The Hall–Kier alpha value is -3.15. The molecule has 0 radical (unpaired) electrons. The number of para-hydroxylation sites is 2. The molecule has 0 spiro atoms. The number of nitrogens with one attached hydrogen (secondary N) is 1. The van der Waals surface area contributed by atoms with Gasteiger partial charge >= 0.3 is 0 Å². The molecule has 1 N–H and O–H groups in total. The lowest BCUT2D eigenvalue weighted by molar-refractivity contribution is -0.121. The van der Waals surface area contributed by atoms with E-state index in [0.29, 0.717) is 18.9 Å². The number of hydrogen-bond acceptors (Lipinski definition) is 4. The molecule has 0 unspecified atom stereocenters. The third-order valence-corrected chi connectivity index (χ3v) is 5.38. The monoisotopic (exact) mass is 390 g/mol. The van der Waals surface area contributed by atoms with Crippen LogP contribution in [0.4, 0.5) is 5.82 Å². The number of carbonyl (C=O) groups excluding carboxylic acids is 1. The topological polar surface area (TPSA) is 67.2 Å². The van der Waals surface area contributed by atoms with Gasteiger partial charge in [-0.2, -0.15) is 0 Å². The molecule has 6 nitrogen and oxygen atoms in total. The first-order valence-corrected chi connectivity index (χ1v) is 10.3. The minimum atomic E-state index is -0.109. The molecular formula is C23H26N4O2. The fourth-order valence-electron chi connectivity index (χ4n) is 3.83. The van der Waals surface area contributed by atoms with Crippen molar-refractivity contribution >= 4 is 22.8 Å². The molecule has 29 heavy (non-hydrogen) atoms. The summed E-state index contributed by atoms with van der Waals surface area (Å²) in [4.78, 5) is 32.1. The molecule has 150 valence electrons. The Bertz CT molecular complexity index is 1040. The predicted molar refractivity (Wildman–Crippen MR) is 115 cm³/mol. The van der Waals surface area contributed by atoms with Crippen molar-refractivity contribution in [3.8, 4) is 0 Å². The van der Waals surface area contributed by atoms with Crippen LogP contribution in [0.3, 0.4) is 0 Å². The van der Waals surface area contributed by atoms with Crippen LogP contribution in [0.25, 0.3) is 11.0 Å².